The largest absolute Gasteiger partial charge is 0.462 e. The fourth-order valence-electron chi connectivity index (χ4n) is 3.12. The number of nitrogens with one attached hydrogen (secondary N) is 1. The van der Waals surface area contributed by atoms with Crippen molar-refractivity contribution in [2.24, 2.45) is 0 Å². The van der Waals surface area contributed by atoms with Crippen molar-refractivity contribution >= 4 is 11.8 Å². The van der Waals surface area contributed by atoms with Crippen molar-refractivity contribution in [2.45, 2.75) is 46.7 Å². The molecule has 2 rings (SSSR count). The van der Waals surface area contributed by atoms with Gasteiger partial charge in [0.15, 0.2) is 0 Å². The van der Waals surface area contributed by atoms with E-state index in [1.165, 1.54) is 5.56 Å². The van der Waals surface area contributed by atoms with Crippen LogP contribution in [0.15, 0.2) is 30.3 Å². The maximum Gasteiger partial charge on any atom is 0.340 e. The smallest absolute Gasteiger partial charge is 0.340 e. The summed E-state index contributed by atoms with van der Waals surface area (Å²) in [6, 6.07) is 9.99. The van der Waals surface area contributed by atoms with E-state index in [-0.39, 0.29) is 23.8 Å². The highest BCUT2D eigenvalue weighted by atomic mass is 16.5. The summed E-state index contributed by atoms with van der Waals surface area (Å²) in [6.07, 6.45) is 0. The molecule has 3 N–H and O–H groups in total. The average molecular weight is 343 g/mol. The first-order valence-electron chi connectivity index (χ1n) is 8.67. The number of quaternary nitrogens is 1. The number of H-pyrrole nitrogens is 1. The number of aromatic nitrogens is 1. The normalized spacial score (nSPS) is 13.3. The zero-order valence-electron chi connectivity index (χ0n) is 15.6. The average Bonchev–Trinajstić information content (AvgIpc) is 2.89. The molecule has 0 bridgehead atoms. The van der Waals surface area contributed by atoms with Crippen LogP contribution in [0.25, 0.3) is 0 Å². The van der Waals surface area contributed by atoms with Gasteiger partial charge in [-0.25, -0.2) is 4.79 Å². The zero-order valence-corrected chi connectivity index (χ0v) is 15.6. The second-order valence-corrected chi connectivity index (χ2v) is 6.39. The first-order chi connectivity index (χ1) is 11.9. The molecule has 1 aromatic heterocycles. The molecule has 0 saturated heterocycles. The van der Waals surface area contributed by atoms with E-state index in [1.807, 2.05) is 30.4 Å². The maximum atomic E-state index is 12.9. The minimum Gasteiger partial charge on any atom is -0.462 e. The van der Waals surface area contributed by atoms with Crippen LogP contribution in [0.5, 0.6) is 0 Å². The van der Waals surface area contributed by atoms with Crippen molar-refractivity contribution in [3.05, 3.63) is 58.4 Å². The quantitative estimate of drug-likeness (QED) is 0.599. The first kappa shape index (κ1) is 18.9. The molecule has 5 nitrogen and oxygen atoms in total. The molecular weight excluding hydrogens is 316 g/mol. The van der Waals surface area contributed by atoms with Crippen LogP contribution < -0.4 is 5.32 Å². The van der Waals surface area contributed by atoms with Gasteiger partial charge in [0.1, 0.15) is 12.1 Å². The Hall–Kier alpha value is -2.40. The van der Waals surface area contributed by atoms with Gasteiger partial charge in [-0.15, -0.1) is 0 Å². The summed E-state index contributed by atoms with van der Waals surface area (Å²) >= 11 is 0. The molecule has 1 aromatic carbocycles. The number of benzene rings is 1. The molecule has 0 amide bonds. The van der Waals surface area contributed by atoms with Crippen LogP contribution >= 0.6 is 0 Å². The van der Waals surface area contributed by atoms with E-state index in [0.29, 0.717) is 29.1 Å². The van der Waals surface area contributed by atoms with Gasteiger partial charge in [-0.1, -0.05) is 30.3 Å². The Morgan fingerprint density at radius 3 is 2.40 bits per heavy atom. The van der Waals surface area contributed by atoms with Crippen molar-refractivity contribution in [2.75, 3.05) is 6.61 Å². The van der Waals surface area contributed by atoms with E-state index in [9.17, 15) is 9.59 Å². The number of carbonyl (C=O) groups excluding carboxylic acids is 2. The van der Waals surface area contributed by atoms with Gasteiger partial charge in [0, 0.05) is 11.3 Å². The molecule has 2 atom stereocenters. The molecule has 5 heteroatoms. The van der Waals surface area contributed by atoms with Gasteiger partial charge in [-0.3, -0.25) is 4.79 Å². The summed E-state index contributed by atoms with van der Waals surface area (Å²) in [4.78, 5) is 28.0. The lowest BCUT2D eigenvalue weighted by molar-refractivity contribution is -0.709. The van der Waals surface area contributed by atoms with Crippen LogP contribution in [-0.4, -0.2) is 29.4 Å². The predicted octanol–water partition coefficient (Wildman–Crippen LogP) is 2.70. The molecule has 0 aliphatic heterocycles. The Labute approximate surface area is 148 Å². The highest BCUT2D eigenvalue weighted by Gasteiger charge is 2.28. The lowest BCUT2D eigenvalue weighted by atomic mass is 10.0. The molecule has 0 spiro atoms. The molecule has 134 valence electrons. The number of rotatable bonds is 7. The van der Waals surface area contributed by atoms with Crippen LogP contribution in [0.1, 0.15) is 64.5 Å². The first-order valence-corrected chi connectivity index (χ1v) is 8.67. The van der Waals surface area contributed by atoms with Crippen molar-refractivity contribution in [3.8, 4) is 0 Å². The molecule has 0 aliphatic carbocycles. The number of ether oxygens (including phenoxy) is 1. The van der Waals surface area contributed by atoms with E-state index >= 15 is 0 Å². The fourth-order valence-corrected chi connectivity index (χ4v) is 3.12. The van der Waals surface area contributed by atoms with Gasteiger partial charge in [0.05, 0.1) is 17.9 Å². The molecular formula is C20H27N2O3+. The number of Topliss-reactive ketones (excluding diaryl/α,β-unsaturated/α-hetero) is 1. The molecule has 25 heavy (non-hydrogen) atoms. The van der Waals surface area contributed by atoms with E-state index in [1.54, 1.807) is 20.8 Å². The van der Waals surface area contributed by atoms with Crippen molar-refractivity contribution in [1.82, 2.24) is 4.98 Å². The van der Waals surface area contributed by atoms with Crippen molar-refractivity contribution < 1.29 is 19.6 Å². The van der Waals surface area contributed by atoms with Gasteiger partial charge in [-0.2, -0.15) is 0 Å². The fraction of sp³-hybridized carbons (Fsp3) is 0.400. The number of esters is 1. The highest BCUT2D eigenvalue weighted by Crippen LogP contribution is 2.20. The maximum absolute atomic E-state index is 12.9. The third-order valence-corrected chi connectivity index (χ3v) is 4.48. The molecule has 1 heterocycles. The van der Waals surface area contributed by atoms with Crippen LogP contribution in [0.2, 0.25) is 0 Å². The van der Waals surface area contributed by atoms with Crippen LogP contribution in [-0.2, 0) is 4.74 Å². The van der Waals surface area contributed by atoms with Gasteiger partial charge in [0.2, 0.25) is 5.78 Å². The van der Waals surface area contributed by atoms with Crippen molar-refractivity contribution in [3.63, 3.8) is 0 Å². The molecule has 0 radical (unpaired) electrons. The SMILES string of the molecule is CCOC(=O)c1c(C)[nH]c(C(=O)[C@@H](C)[NH2+][C@H](C)c2ccccc2)c1C. The lowest BCUT2D eigenvalue weighted by Gasteiger charge is -2.16. The Morgan fingerprint density at radius 1 is 1.16 bits per heavy atom. The highest BCUT2D eigenvalue weighted by molar-refractivity contribution is 6.03. The number of carbonyl (C=O) groups is 2. The Kier molecular flexibility index (Phi) is 6.15. The van der Waals surface area contributed by atoms with Gasteiger partial charge < -0.3 is 15.0 Å². The van der Waals surface area contributed by atoms with Gasteiger partial charge >= 0.3 is 5.97 Å². The van der Waals surface area contributed by atoms with E-state index < -0.39 is 0 Å². The Balaban J connectivity index is 2.17. The molecule has 0 saturated carbocycles. The minimum atomic E-state index is -0.387. The molecule has 0 fully saturated rings. The summed E-state index contributed by atoms with van der Waals surface area (Å²) < 4.78 is 5.09. The van der Waals surface area contributed by atoms with E-state index in [4.69, 9.17) is 4.74 Å². The lowest BCUT2D eigenvalue weighted by Crippen LogP contribution is -2.91. The summed E-state index contributed by atoms with van der Waals surface area (Å²) in [6.45, 7) is 9.62. The summed E-state index contributed by atoms with van der Waals surface area (Å²) in [5.41, 5.74) is 3.46. The minimum absolute atomic E-state index is 0.0149. The third kappa shape index (κ3) is 4.17. The summed E-state index contributed by atoms with van der Waals surface area (Å²) in [5.74, 6) is -0.402. The number of ketones is 1. The standard InChI is InChI=1S/C20H26N2O3/c1-6-25-20(24)17-12(2)18(22-14(17)4)19(23)15(5)21-13(3)16-10-8-7-9-11-16/h7-11,13,15,21-22H,6H2,1-5H3/p+1/t13-,15-/m1/s1. The number of aromatic amines is 1. The second-order valence-electron chi connectivity index (χ2n) is 6.39. The Bertz CT molecular complexity index is 750. The monoisotopic (exact) mass is 343 g/mol. The summed E-state index contributed by atoms with van der Waals surface area (Å²) in [5, 5.41) is 2.04. The Morgan fingerprint density at radius 2 is 1.80 bits per heavy atom. The van der Waals surface area contributed by atoms with E-state index in [2.05, 4.69) is 24.0 Å². The number of hydrogen-bond acceptors (Lipinski definition) is 3. The molecule has 0 aliphatic rings. The van der Waals surface area contributed by atoms with Gasteiger partial charge in [0.25, 0.3) is 0 Å². The van der Waals surface area contributed by atoms with E-state index in [0.717, 1.165) is 0 Å². The molecule has 2 aromatic rings. The van der Waals surface area contributed by atoms with Crippen molar-refractivity contribution in [1.29, 1.82) is 0 Å². The third-order valence-electron chi connectivity index (χ3n) is 4.48. The second kappa shape index (κ2) is 8.12. The summed E-state index contributed by atoms with van der Waals surface area (Å²) in [7, 11) is 0. The van der Waals surface area contributed by atoms with Crippen LogP contribution in [0, 0.1) is 13.8 Å². The number of nitrogens with two attached hydrogens (primary N) is 1. The van der Waals surface area contributed by atoms with Crippen LogP contribution in [0.3, 0.4) is 0 Å². The number of aryl methyl sites for hydroxylation is 1. The topological polar surface area (TPSA) is 75.8 Å². The van der Waals surface area contributed by atoms with Crippen LogP contribution in [0.4, 0.5) is 0 Å². The zero-order chi connectivity index (χ0) is 18.6. The predicted molar refractivity (Wildman–Crippen MR) is 96.8 cm³/mol. The number of hydrogen-bond donors (Lipinski definition) is 2. The van der Waals surface area contributed by atoms with Gasteiger partial charge in [-0.05, 0) is 40.2 Å². The molecule has 0 unspecified atom stereocenters.